The first-order chi connectivity index (χ1) is 12.2. The maximum Gasteiger partial charge on any atom is 0.416 e. The second-order valence-corrected chi connectivity index (χ2v) is 5.34. The molecule has 2 rings (SSSR count). The molecule has 2 aromatic rings. The van der Waals surface area contributed by atoms with Crippen molar-refractivity contribution in [1.29, 1.82) is 0 Å². The Hall–Kier alpha value is -3.03. The summed E-state index contributed by atoms with van der Waals surface area (Å²) in [4.78, 5) is 23.5. The Bertz CT molecular complexity index is 788. The highest BCUT2D eigenvalue weighted by Crippen LogP contribution is 2.30. The van der Waals surface area contributed by atoms with Gasteiger partial charge in [-0.2, -0.15) is 13.2 Å². The summed E-state index contributed by atoms with van der Waals surface area (Å²) in [5, 5.41) is 2.38. The minimum atomic E-state index is -4.50. The van der Waals surface area contributed by atoms with Gasteiger partial charge in [0.2, 0.25) is 0 Å². The van der Waals surface area contributed by atoms with Crippen LogP contribution in [0.3, 0.4) is 0 Å². The van der Waals surface area contributed by atoms with E-state index in [0.29, 0.717) is 11.3 Å². The fraction of sp³-hybridized carbons (Fsp3) is 0.222. The standard InChI is InChI=1S/C18H16F3NO4/c1-11(26-15-8-6-12(7-9-15)17(24)25-2)16(23)22-14-5-3-4-13(10-14)18(19,20)21/h3-11H,1-2H3,(H,22,23)/t11-/m0/s1. The molecule has 2 aromatic carbocycles. The van der Waals surface area contributed by atoms with E-state index < -0.39 is 29.7 Å². The maximum absolute atomic E-state index is 12.7. The van der Waals surface area contributed by atoms with Crippen molar-refractivity contribution >= 4 is 17.6 Å². The largest absolute Gasteiger partial charge is 0.481 e. The molecule has 26 heavy (non-hydrogen) atoms. The van der Waals surface area contributed by atoms with Gasteiger partial charge in [-0.15, -0.1) is 0 Å². The zero-order chi connectivity index (χ0) is 19.3. The van der Waals surface area contributed by atoms with Crippen LogP contribution >= 0.6 is 0 Å². The Morgan fingerprint density at radius 1 is 1.08 bits per heavy atom. The lowest BCUT2D eigenvalue weighted by molar-refractivity contribution is -0.137. The molecule has 0 fully saturated rings. The average Bonchev–Trinajstić information content (AvgIpc) is 2.61. The summed E-state index contributed by atoms with van der Waals surface area (Å²) in [7, 11) is 1.26. The molecule has 0 heterocycles. The summed E-state index contributed by atoms with van der Waals surface area (Å²) in [6.07, 6.45) is -5.46. The zero-order valence-electron chi connectivity index (χ0n) is 14.0. The van der Waals surface area contributed by atoms with Crippen molar-refractivity contribution in [2.45, 2.75) is 19.2 Å². The van der Waals surface area contributed by atoms with E-state index in [1.165, 1.54) is 50.4 Å². The van der Waals surface area contributed by atoms with Crippen molar-refractivity contribution < 1.29 is 32.2 Å². The number of ether oxygens (including phenoxy) is 2. The Morgan fingerprint density at radius 3 is 2.31 bits per heavy atom. The molecule has 1 amide bonds. The van der Waals surface area contributed by atoms with Gasteiger partial charge in [0.15, 0.2) is 6.10 Å². The van der Waals surface area contributed by atoms with Crippen LogP contribution in [0.15, 0.2) is 48.5 Å². The van der Waals surface area contributed by atoms with E-state index in [4.69, 9.17) is 4.74 Å². The molecule has 1 atom stereocenters. The number of benzene rings is 2. The summed E-state index contributed by atoms with van der Waals surface area (Å²) in [6, 6.07) is 10.2. The van der Waals surface area contributed by atoms with Crippen molar-refractivity contribution in [3.05, 3.63) is 59.7 Å². The number of anilines is 1. The minimum Gasteiger partial charge on any atom is -0.481 e. The number of rotatable bonds is 5. The van der Waals surface area contributed by atoms with Crippen LogP contribution in [-0.4, -0.2) is 25.1 Å². The van der Waals surface area contributed by atoms with E-state index in [0.717, 1.165) is 12.1 Å². The highest BCUT2D eigenvalue weighted by molar-refractivity contribution is 5.94. The number of esters is 1. The number of carbonyl (C=O) groups is 2. The van der Waals surface area contributed by atoms with Gasteiger partial charge in [0.1, 0.15) is 5.75 Å². The van der Waals surface area contributed by atoms with E-state index in [1.807, 2.05) is 0 Å². The number of hydrogen-bond donors (Lipinski definition) is 1. The number of methoxy groups -OCH3 is 1. The van der Waals surface area contributed by atoms with E-state index in [2.05, 4.69) is 10.1 Å². The van der Waals surface area contributed by atoms with Crippen LogP contribution in [0, 0.1) is 0 Å². The third-order valence-electron chi connectivity index (χ3n) is 3.41. The molecule has 0 aliphatic rings. The number of alkyl halides is 3. The van der Waals surface area contributed by atoms with Gasteiger partial charge >= 0.3 is 12.1 Å². The molecule has 0 bridgehead atoms. The summed E-state index contributed by atoms with van der Waals surface area (Å²) in [5.74, 6) is -0.794. The first-order valence-electron chi connectivity index (χ1n) is 7.54. The van der Waals surface area contributed by atoms with Gasteiger partial charge in [-0.05, 0) is 49.4 Å². The van der Waals surface area contributed by atoms with Gasteiger partial charge < -0.3 is 14.8 Å². The number of carbonyl (C=O) groups excluding carboxylic acids is 2. The fourth-order valence-corrected chi connectivity index (χ4v) is 2.06. The number of nitrogens with one attached hydrogen (secondary N) is 1. The van der Waals surface area contributed by atoms with Crippen molar-refractivity contribution in [3.63, 3.8) is 0 Å². The Morgan fingerprint density at radius 2 is 1.73 bits per heavy atom. The van der Waals surface area contributed by atoms with Gasteiger partial charge in [0, 0.05) is 5.69 Å². The van der Waals surface area contributed by atoms with Gasteiger partial charge in [-0.25, -0.2) is 4.79 Å². The normalized spacial score (nSPS) is 12.2. The molecule has 1 N–H and O–H groups in total. The zero-order valence-corrected chi connectivity index (χ0v) is 14.0. The number of halogens is 3. The molecule has 0 saturated carbocycles. The van der Waals surface area contributed by atoms with Crippen molar-refractivity contribution in [1.82, 2.24) is 0 Å². The van der Waals surface area contributed by atoms with Crippen LogP contribution in [0.1, 0.15) is 22.8 Å². The van der Waals surface area contributed by atoms with E-state index >= 15 is 0 Å². The predicted molar refractivity (Wildman–Crippen MR) is 87.9 cm³/mol. The topological polar surface area (TPSA) is 64.6 Å². The highest BCUT2D eigenvalue weighted by atomic mass is 19.4. The van der Waals surface area contributed by atoms with Gasteiger partial charge in [-0.3, -0.25) is 4.79 Å². The Balaban J connectivity index is 2.00. The number of hydrogen-bond acceptors (Lipinski definition) is 4. The fourth-order valence-electron chi connectivity index (χ4n) is 2.06. The Labute approximate surface area is 147 Å². The van der Waals surface area contributed by atoms with Crippen LogP contribution in [-0.2, 0) is 15.7 Å². The van der Waals surface area contributed by atoms with Gasteiger partial charge in [0.25, 0.3) is 5.91 Å². The summed E-state index contributed by atoms with van der Waals surface area (Å²) in [5.41, 5.74) is -0.524. The summed E-state index contributed by atoms with van der Waals surface area (Å²) >= 11 is 0. The molecule has 0 unspecified atom stereocenters. The first kappa shape index (κ1) is 19.3. The van der Waals surface area contributed by atoms with Crippen molar-refractivity contribution in [2.75, 3.05) is 12.4 Å². The van der Waals surface area contributed by atoms with E-state index in [1.54, 1.807) is 0 Å². The highest BCUT2D eigenvalue weighted by Gasteiger charge is 2.30. The molecule has 0 radical (unpaired) electrons. The molecule has 5 nitrogen and oxygen atoms in total. The monoisotopic (exact) mass is 367 g/mol. The molecule has 138 valence electrons. The van der Waals surface area contributed by atoms with Crippen molar-refractivity contribution in [2.24, 2.45) is 0 Å². The van der Waals surface area contributed by atoms with E-state index in [-0.39, 0.29) is 5.69 Å². The second-order valence-electron chi connectivity index (χ2n) is 5.34. The Kier molecular flexibility index (Phi) is 5.86. The minimum absolute atomic E-state index is 0.0151. The second kappa shape index (κ2) is 7.90. The molecule has 0 saturated heterocycles. The molecular weight excluding hydrogens is 351 g/mol. The first-order valence-corrected chi connectivity index (χ1v) is 7.54. The molecule has 0 aromatic heterocycles. The van der Waals surface area contributed by atoms with E-state index in [9.17, 15) is 22.8 Å². The lowest BCUT2D eigenvalue weighted by Crippen LogP contribution is -2.30. The maximum atomic E-state index is 12.7. The lowest BCUT2D eigenvalue weighted by Gasteiger charge is -2.15. The molecule has 0 spiro atoms. The lowest BCUT2D eigenvalue weighted by atomic mass is 10.2. The number of amides is 1. The SMILES string of the molecule is COC(=O)c1ccc(O[C@@H](C)C(=O)Nc2cccc(C(F)(F)F)c2)cc1. The van der Waals surface area contributed by atoms with Crippen LogP contribution in [0.2, 0.25) is 0 Å². The van der Waals surface area contributed by atoms with Crippen LogP contribution in [0.25, 0.3) is 0 Å². The van der Waals surface area contributed by atoms with Gasteiger partial charge in [-0.1, -0.05) is 6.07 Å². The predicted octanol–water partition coefficient (Wildman–Crippen LogP) is 3.90. The summed E-state index contributed by atoms with van der Waals surface area (Å²) < 4.78 is 48.1. The molecule has 8 heteroatoms. The average molecular weight is 367 g/mol. The van der Waals surface area contributed by atoms with Crippen molar-refractivity contribution in [3.8, 4) is 5.75 Å². The smallest absolute Gasteiger partial charge is 0.416 e. The van der Waals surface area contributed by atoms with Crippen LogP contribution in [0.5, 0.6) is 5.75 Å². The third kappa shape index (κ3) is 4.98. The summed E-state index contributed by atoms with van der Waals surface area (Å²) in [6.45, 7) is 1.46. The molecule has 0 aliphatic heterocycles. The van der Waals surface area contributed by atoms with Crippen LogP contribution in [0.4, 0.5) is 18.9 Å². The molecular formula is C18H16F3NO4. The third-order valence-corrected chi connectivity index (χ3v) is 3.41. The van der Waals surface area contributed by atoms with Crippen LogP contribution < -0.4 is 10.1 Å². The quantitative estimate of drug-likeness (QED) is 0.814. The molecule has 0 aliphatic carbocycles. The van der Waals surface area contributed by atoms with Gasteiger partial charge in [0.05, 0.1) is 18.2 Å².